The number of hydrogen-bond donors (Lipinski definition) is 2. The van der Waals surface area contributed by atoms with E-state index in [2.05, 4.69) is 5.32 Å². The molecular formula is C16H25NO3. The van der Waals surface area contributed by atoms with E-state index in [1.54, 1.807) is 7.11 Å². The van der Waals surface area contributed by atoms with Crippen molar-refractivity contribution in [2.24, 2.45) is 5.92 Å². The predicted molar refractivity (Wildman–Crippen MR) is 79.1 cm³/mol. The lowest BCUT2D eigenvalue weighted by Crippen LogP contribution is -2.30. The van der Waals surface area contributed by atoms with Gasteiger partial charge in [0.2, 0.25) is 0 Å². The smallest absolute Gasteiger partial charge is 0.124 e. The Kier molecular flexibility index (Phi) is 5.83. The molecule has 4 heteroatoms. The monoisotopic (exact) mass is 279 g/mol. The standard InChI is InChI=1S/C16H25NO3/c1-12-3-4-16(19-2)14(9-12)15(18)11-17-10-13-5-7-20-8-6-13/h3-4,9,13,15,17-18H,5-8,10-11H2,1-2H3. The molecule has 0 amide bonds. The predicted octanol–water partition coefficient (Wildman–Crippen LogP) is 2.05. The molecule has 1 aromatic rings. The topological polar surface area (TPSA) is 50.7 Å². The molecule has 4 nitrogen and oxygen atoms in total. The molecule has 0 radical (unpaired) electrons. The number of nitrogens with one attached hydrogen (secondary N) is 1. The van der Waals surface area contributed by atoms with Gasteiger partial charge in [0.25, 0.3) is 0 Å². The fourth-order valence-electron chi connectivity index (χ4n) is 2.60. The third kappa shape index (κ3) is 4.20. The first-order valence-electron chi connectivity index (χ1n) is 7.31. The summed E-state index contributed by atoms with van der Waals surface area (Å²) >= 11 is 0. The van der Waals surface area contributed by atoms with Crippen molar-refractivity contribution in [1.82, 2.24) is 5.32 Å². The van der Waals surface area contributed by atoms with E-state index >= 15 is 0 Å². The van der Waals surface area contributed by atoms with Crippen molar-refractivity contribution in [2.45, 2.75) is 25.9 Å². The highest BCUT2D eigenvalue weighted by Crippen LogP contribution is 2.26. The molecule has 1 unspecified atom stereocenters. The van der Waals surface area contributed by atoms with E-state index in [-0.39, 0.29) is 0 Å². The summed E-state index contributed by atoms with van der Waals surface area (Å²) in [5.41, 5.74) is 1.98. The number of benzene rings is 1. The summed E-state index contributed by atoms with van der Waals surface area (Å²) in [5, 5.41) is 13.7. The Morgan fingerprint density at radius 3 is 2.85 bits per heavy atom. The van der Waals surface area contributed by atoms with Gasteiger partial charge in [0.1, 0.15) is 5.75 Å². The Bertz CT molecular complexity index is 416. The molecule has 1 aliphatic rings. The van der Waals surface area contributed by atoms with E-state index in [0.29, 0.717) is 12.5 Å². The van der Waals surface area contributed by atoms with Crippen LogP contribution in [0.25, 0.3) is 0 Å². The van der Waals surface area contributed by atoms with Crippen LogP contribution in [0.3, 0.4) is 0 Å². The second kappa shape index (κ2) is 7.62. The number of methoxy groups -OCH3 is 1. The normalized spacial score (nSPS) is 17.9. The van der Waals surface area contributed by atoms with E-state index < -0.39 is 6.10 Å². The fraction of sp³-hybridized carbons (Fsp3) is 0.625. The van der Waals surface area contributed by atoms with Crippen LogP contribution in [-0.2, 0) is 4.74 Å². The van der Waals surface area contributed by atoms with E-state index in [4.69, 9.17) is 9.47 Å². The molecule has 2 N–H and O–H groups in total. The van der Waals surface area contributed by atoms with Gasteiger partial charge in [-0.25, -0.2) is 0 Å². The molecule has 20 heavy (non-hydrogen) atoms. The second-order valence-corrected chi connectivity index (χ2v) is 5.48. The van der Waals surface area contributed by atoms with Crippen molar-refractivity contribution in [3.05, 3.63) is 29.3 Å². The zero-order chi connectivity index (χ0) is 14.4. The van der Waals surface area contributed by atoms with Crippen LogP contribution in [0.1, 0.15) is 30.1 Å². The highest BCUT2D eigenvalue weighted by molar-refractivity contribution is 5.38. The molecule has 0 aromatic heterocycles. The molecule has 1 saturated heterocycles. The molecular weight excluding hydrogens is 254 g/mol. The van der Waals surface area contributed by atoms with Crippen LogP contribution in [0, 0.1) is 12.8 Å². The molecule has 1 fully saturated rings. The van der Waals surface area contributed by atoms with Crippen molar-refractivity contribution < 1.29 is 14.6 Å². The molecule has 1 atom stereocenters. The van der Waals surface area contributed by atoms with Gasteiger partial charge < -0.3 is 19.9 Å². The maximum atomic E-state index is 10.3. The van der Waals surface area contributed by atoms with E-state index in [0.717, 1.165) is 49.5 Å². The molecule has 0 aliphatic carbocycles. The van der Waals surface area contributed by atoms with Crippen molar-refractivity contribution in [2.75, 3.05) is 33.4 Å². The van der Waals surface area contributed by atoms with Crippen molar-refractivity contribution in [3.8, 4) is 5.75 Å². The number of ether oxygens (including phenoxy) is 2. The van der Waals surface area contributed by atoms with Crippen molar-refractivity contribution in [1.29, 1.82) is 0 Å². The first-order valence-corrected chi connectivity index (χ1v) is 7.31. The quantitative estimate of drug-likeness (QED) is 0.837. The summed E-state index contributed by atoms with van der Waals surface area (Å²) < 4.78 is 10.7. The van der Waals surface area contributed by atoms with Gasteiger partial charge in [-0.3, -0.25) is 0 Å². The van der Waals surface area contributed by atoms with Gasteiger partial charge in [-0.1, -0.05) is 11.6 Å². The van der Waals surface area contributed by atoms with Crippen LogP contribution in [-0.4, -0.2) is 38.5 Å². The molecule has 1 aromatic carbocycles. The molecule has 1 aliphatic heterocycles. The fourth-order valence-corrected chi connectivity index (χ4v) is 2.60. The molecule has 0 saturated carbocycles. The minimum absolute atomic E-state index is 0.537. The van der Waals surface area contributed by atoms with Crippen molar-refractivity contribution in [3.63, 3.8) is 0 Å². The molecule has 0 spiro atoms. The number of hydrogen-bond acceptors (Lipinski definition) is 4. The first-order chi connectivity index (χ1) is 9.70. The molecule has 1 heterocycles. The van der Waals surface area contributed by atoms with Crippen LogP contribution in [0.2, 0.25) is 0 Å². The minimum Gasteiger partial charge on any atom is -0.496 e. The lowest BCUT2D eigenvalue weighted by molar-refractivity contribution is 0.0649. The van der Waals surface area contributed by atoms with Gasteiger partial charge in [-0.2, -0.15) is 0 Å². The number of aliphatic hydroxyl groups excluding tert-OH is 1. The first kappa shape index (κ1) is 15.3. The summed E-state index contributed by atoms with van der Waals surface area (Å²) in [6.07, 6.45) is 1.68. The maximum Gasteiger partial charge on any atom is 0.124 e. The van der Waals surface area contributed by atoms with Gasteiger partial charge in [0.05, 0.1) is 13.2 Å². The minimum atomic E-state index is -0.537. The summed E-state index contributed by atoms with van der Waals surface area (Å²) in [5.74, 6) is 1.41. The maximum absolute atomic E-state index is 10.3. The SMILES string of the molecule is COc1ccc(C)cc1C(O)CNCC1CCOCC1. The Balaban J connectivity index is 1.84. The summed E-state index contributed by atoms with van der Waals surface area (Å²) in [6, 6.07) is 5.89. The Hall–Kier alpha value is -1.10. The summed E-state index contributed by atoms with van der Waals surface area (Å²) in [7, 11) is 1.64. The zero-order valence-electron chi connectivity index (χ0n) is 12.4. The molecule has 2 rings (SSSR count). The number of rotatable bonds is 6. The van der Waals surface area contributed by atoms with E-state index in [9.17, 15) is 5.11 Å². The van der Waals surface area contributed by atoms with Gasteiger partial charge in [0.15, 0.2) is 0 Å². The van der Waals surface area contributed by atoms with Crippen LogP contribution in [0.5, 0.6) is 5.75 Å². The van der Waals surface area contributed by atoms with Gasteiger partial charge >= 0.3 is 0 Å². The number of aliphatic hydroxyl groups is 1. The highest BCUT2D eigenvalue weighted by Gasteiger charge is 2.16. The van der Waals surface area contributed by atoms with Gasteiger partial charge in [0, 0.05) is 25.3 Å². The molecule has 0 bridgehead atoms. The lowest BCUT2D eigenvalue weighted by Gasteiger charge is -2.23. The average molecular weight is 279 g/mol. The zero-order valence-corrected chi connectivity index (χ0v) is 12.4. The van der Waals surface area contributed by atoms with Crippen molar-refractivity contribution >= 4 is 0 Å². The highest BCUT2D eigenvalue weighted by atomic mass is 16.5. The van der Waals surface area contributed by atoms with Crippen LogP contribution in [0.4, 0.5) is 0 Å². The Morgan fingerprint density at radius 1 is 1.40 bits per heavy atom. The lowest BCUT2D eigenvalue weighted by atomic mass is 10.00. The third-order valence-corrected chi connectivity index (χ3v) is 3.86. The van der Waals surface area contributed by atoms with Gasteiger partial charge in [-0.15, -0.1) is 0 Å². The Labute approximate surface area is 121 Å². The van der Waals surface area contributed by atoms with E-state index in [1.807, 2.05) is 25.1 Å². The average Bonchev–Trinajstić information content (AvgIpc) is 2.48. The van der Waals surface area contributed by atoms with Crippen LogP contribution in [0.15, 0.2) is 18.2 Å². The Morgan fingerprint density at radius 2 is 2.15 bits per heavy atom. The van der Waals surface area contributed by atoms with Crippen LogP contribution < -0.4 is 10.1 Å². The second-order valence-electron chi connectivity index (χ2n) is 5.48. The van der Waals surface area contributed by atoms with Gasteiger partial charge in [-0.05, 0) is 44.4 Å². The van der Waals surface area contributed by atoms with Crippen LogP contribution >= 0.6 is 0 Å². The number of aryl methyl sites for hydroxylation is 1. The molecule has 112 valence electrons. The summed E-state index contributed by atoms with van der Waals surface area (Å²) in [6.45, 7) is 5.23. The van der Waals surface area contributed by atoms with E-state index in [1.165, 1.54) is 0 Å². The largest absolute Gasteiger partial charge is 0.496 e. The third-order valence-electron chi connectivity index (χ3n) is 3.86. The summed E-state index contributed by atoms with van der Waals surface area (Å²) in [4.78, 5) is 0.